The second-order valence-electron chi connectivity index (χ2n) is 4.68. The van der Waals surface area contributed by atoms with Gasteiger partial charge in [-0.2, -0.15) is 0 Å². The van der Waals surface area contributed by atoms with E-state index in [0.29, 0.717) is 19.1 Å². The van der Waals surface area contributed by atoms with E-state index in [1.165, 1.54) is 5.69 Å². The lowest BCUT2D eigenvalue weighted by atomic mass is 10.2. The lowest BCUT2D eigenvalue weighted by Gasteiger charge is -2.36. The van der Waals surface area contributed by atoms with Gasteiger partial charge >= 0.3 is 0 Å². The van der Waals surface area contributed by atoms with Crippen molar-refractivity contribution in [2.75, 3.05) is 51.3 Å². The molecule has 2 N–H and O–H groups in total. The number of nitrogens with two attached hydrogens (primary N) is 1. The Bertz CT molecular complexity index is 441. The summed E-state index contributed by atoms with van der Waals surface area (Å²) in [6.45, 7) is 4.84. The Morgan fingerprint density at radius 1 is 1.25 bits per heavy atom. The van der Waals surface area contributed by atoms with Gasteiger partial charge in [-0.25, -0.2) is 0 Å². The number of hydrogen-bond acceptors (Lipinski definition) is 3. The third kappa shape index (κ3) is 4.02. The summed E-state index contributed by atoms with van der Waals surface area (Å²) in [4.78, 5) is 8.75. The number of ether oxygens (including phenoxy) is 1. The van der Waals surface area contributed by atoms with Gasteiger partial charge < -0.3 is 20.3 Å². The van der Waals surface area contributed by atoms with Crippen molar-refractivity contribution in [1.29, 1.82) is 0 Å². The van der Waals surface area contributed by atoms with Crippen molar-refractivity contribution in [3.05, 3.63) is 29.3 Å². The second-order valence-corrected chi connectivity index (χ2v) is 5.12. The molecule has 0 aliphatic carbocycles. The van der Waals surface area contributed by atoms with E-state index < -0.39 is 0 Å². The molecule has 1 aromatic rings. The van der Waals surface area contributed by atoms with Crippen LogP contribution in [0.3, 0.4) is 0 Å². The minimum absolute atomic E-state index is 0.603. The molecule has 1 aliphatic rings. The predicted molar refractivity (Wildman–Crippen MR) is 83.6 cm³/mol. The van der Waals surface area contributed by atoms with E-state index in [9.17, 15) is 0 Å². The van der Waals surface area contributed by atoms with E-state index in [1.807, 2.05) is 24.3 Å². The van der Waals surface area contributed by atoms with Gasteiger partial charge in [0.1, 0.15) is 0 Å². The first-order valence-electron chi connectivity index (χ1n) is 6.75. The monoisotopic (exact) mass is 296 g/mol. The fourth-order valence-electron chi connectivity index (χ4n) is 2.20. The van der Waals surface area contributed by atoms with Gasteiger partial charge in [-0.15, -0.1) is 0 Å². The van der Waals surface area contributed by atoms with Gasteiger partial charge in [0.15, 0.2) is 5.96 Å². The quantitative estimate of drug-likeness (QED) is 0.519. The summed E-state index contributed by atoms with van der Waals surface area (Å²) in [7, 11) is 1.66. The van der Waals surface area contributed by atoms with Crippen molar-refractivity contribution in [2.24, 2.45) is 10.7 Å². The van der Waals surface area contributed by atoms with E-state index in [4.69, 9.17) is 22.1 Å². The van der Waals surface area contributed by atoms with Crippen LogP contribution in [0.2, 0.25) is 5.02 Å². The summed E-state index contributed by atoms with van der Waals surface area (Å²) in [5.41, 5.74) is 7.18. The third-order valence-electron chi connectivity index (χ3n) is 3.36. The molecule has 1 saturated heterocycles. The van der Waals surface area contributed by atoms with Crippen LogP contribution in [0.1, 0.15) is 0 Å². The molecule has 0 bridgehead atoms. The molecule has 0 atom stereocenters. The number of methoxy groups -OCH3 is 1. The van der Waals surface area contributed by atoms with Crippen LogP contribution in [-0.2, 0) is 4.74 Å². The maximum absolute atomic E-state index is 5.98. The topological polar surface area (TPSA) is 54.1 Å². The summed E-state index contributed by atoms with van der Waals surface area (Å²) >= 11 is 5.91. The highest BCUT2D eigenvalue weighted by Gasteiger charge is 2.18. The smallest absolute Gasteiger partial charge is 0.191 e. The lowest BCUT2D eigenvalue weighted by Crippen LogP contribution is -2.51. The number of halogens is 1. The van der Waals surface area contributed by atoms with Crippen LogP contribution >= 0.6 is 11.6 Å². The number of rotatable bonds is 4. The molecule has 6 heteroatoms. The molecule has 0 saturated carbocycles. The third-order valence-corrected chi connectivity index (χ3v) is 3.62. The number of benzene rings is 1. The van der Waals surface area contributed by atoms with Gasteiger partial charge in [-0.1, -0.05) is 11.6 Å². The van der Waals surface area contributed by atoms with Crippen LogP contribution in [-0.4, -0.2) is 57.3 Å². The van der Waals surface area contributed by atoms with Crippen molar-refractivity contribution in [1.82, 2.24) is 4.90 Å². The van der Waals surface area contributed by atoms with E-state index in [2.05, 4.69) is 14.8 Å². The number of nitrogens with zero attached hydrogens (tertiary/aromatic N) is 3. The molecule has 0 aromatic heterocycles. The van der Waals surface area contributed by atoms with E-state index >= 15 is 0 Å². The van der Waals surface area contributed by atoms with Crippen molar-refractivity contribution in [3.63, 3.8) is 0 Å². The summed E-state index contributed by atoms with van der Waals surface area (Å²) in [5, 5.41) is 0.766. The largest absolute Gasteiger partial charge is 0.383 e. The molecule has 20 heavy (non-hydrogen) atoms. The Morgan fingerprint density at radius 2 is 1.90 bits per heavy atom. The van der Waals surface area contributed by atoms with Crippen LogP contribution in [0.5, 0.6) is 0 Å². The van der Waals surface area contributed by atoms with Crippen LogP contribution in [0.4, 0.5) is 5.69 Å². The van der Waals surface area contributed by atoms with Gasteiger partial charge in [0, 0.05) is 44.0 Å². The molecule has 1 aromatic carbocycles. The van der Waals surface area contributed by atoms with E-state index in [0.717, 1.165) is 31.2 Å². The highest BCUT2D eigenvalue weighted by molar-refractivity contribution is 6.30. The van der Waals surface area contributed by atoms with Crippen molar-refractivity contribution in [3.8, 4) is 0 Å². The maximum Gasteiger partial charge on any atom is 0.191 e. The standard InChI is InChI=1S/C14H21ClN4O/c1-20-11-6-17-14(16)19-9-7-18(8-10-19)13-4-2-12(15)3-5-13/h2-5H,6-11H2,1H3,(H2,16,17). The van der Waals surface area contributed by atoms with E-state index in [1.54, 1.807) is 7.11 Å². The van der Waals surface area contributed by atoms with Gasteiger partial charge in [-0.05, 0) is 24.3 Å². The van der Waals surface area contributed by atoms with Crippen molar-refractivity contribution >= 4 is 23.2 Å². The Hall–Kier alpha value is -1.46. The van der Waals surface area contributed by atoms with Gasteiger partial charge in [0.2, 0.25) is 0 Å². The average Bonchev–Trinajstić information content (AvgIpc) is 2.48. The Kier molecular flexibility index (Phi) is 5.49. The summed E-state index contributed by atoms with van der Waals surface area (Å²) in [6, 6.07) is 7.94. The van der Waals surface area contributed by atoms with Gasteiger partial charge in [-0.3, -0.25) is 4.99 Å². The second kappa shape index (κ2) is 7.36. The fourth-order valence-corrected chi connectivity index (χ4v) is 2.32. The van der Waals surface area contributed by atoms with Crippen LogP contribution < -0.4 is 10.6 Å². The Labute approximate surface area is 125 Å². The van der Waals surface area contributed by atoms with E-state index in [-0.39, 0.29) is 0 Å². The molecule has 0 amide bonds. The first kappa shape index (κ1) is 14.9. The Balaban J connectivity index is 1.85. The molecule has 5 nitrogen and oxygen atoms in total. The zero-order valence-electron chi connectivity index (χ0n) is 11.8. The Morgan fingerprint density at radius 3 is 2.50 bits per heavy atom. The molecule has 2 rings (SSSR count). The molecule has 0 unspecified atom stereocenters. The summed E-state index contributed by atoms with van der Waals surface area (Å²) < 4.78 is 4.96. The number of anilines is 1. The summed E-state index contributed by atoms with van der Waals surface area (Å²) in [5.74, 6) is 0.609. The first-order chi connectivity index (χ1) is 9.70. The molecular weight excluding hydrogens is 276 g/mol. The van der Waals surface area contributed by atoms with Crippen molar-refractivity contribution in [2.45, 2.75) is 0 Å². The minimum atomic E-state index is 0.603. The SMILES string of the molecule is COCCN=C(N)N1CCN(c2ccc(Cl)cc2)CC1. The zero-order valence-corrected chi connectivity index (χ0v) is 12.5. The maximum atomic E-state index is 5.98. The summed E-state index contributed by atoms with van der Waals surface area (Å²) in [6.07, 6.45) is 0. The van der Waals surface area contributed by atoms with Gasteiger partial charge in [0.05, 0.1) is 13.2 Å². The first-order valence-corrected chi connectivity index (χ1v) is 7.13. The van der Waals surface area contributed by atoms with Crippen molar-refractivity contribution < 1.29 is 4.74 Å². The highest BCUT2D eigenvalue weighted by atomic mass is 35.5. The molecule has 0 radical (unpaired) electrons. The van der Waals surface area contributed by atoms with Gasteiger partial charge in [0.25, 0.3) is 0 Å². The van der Waals surface area contributed by atoms with Crippen LogP contribution in [0.25, 0.3) is 0 Å². The number of guanidine groups is 1. The number of hydrogen-bond donors (Lipinski definition) is 1. The fraction of sp³-hybridized carbons (Fsp3) is 0.500. The average molecular weight is 297 g/mol. The van der Waals surface area contributed by atoms with Crippen LogP contribution in [0.15, 0.2) is 29.3 Å². The predicted octanol–water partition coefficient (Wildman–Crippen LogP) is 1.42. The van der Waals surface area contributed by atoms with Crippen LogP contribution in [0, 0.1) is 0 Å². The number of piperazine rings is 1. The highest BCUT2D eigenvalue weighted by Crippen LogP contribution is 2.19. The number of aliphatic imine (C=N–C) groups is 1. The zero-order chi connectivity index (χ0) is 14.4. The minimum Gasteiger partial charge on any atom is -0.383 e. The molecule has 0 spiro atoms. The molecule has 1 fully saturated rings. The normalized spacial score (nSPS) is 16.6. The molecule has 1 heterocycles. The lowest BCUT2D eigenvalue weighted by molar-refractivity contribution is 0.207. The molecular formula is C14H21ClN4O. The molecule has 1 aliphatic heterocycles. The molecule has 110 valence electrons.